The van der Waals surface area contributed by atoms with Gasteiger partial charge >= 0.3 is 5.51 Å². The summed E-state index contributed by atoms with van der Waals surface area (Å²) in [6, 6.07) is 7.27. The number of halogens is 3. The Morgan fingerprint density at radius 2 is 2.05 bits per heavy atom. The molecule has 0 aliphatic rings. The lowest BCUT2D eigenvalue weighted by Gasteiger charge is -2.08. The van der Waals surface area contributed by atoms with Crippen molar-refractivity contribution in [3.05, 3.63) is 36.0 Å². The standard InChI is InChI=1S/C12H11F3N2S2/c13-12(14,15)19-7-6-17-5-4-8-9(11(16)18)2-1-3-10(8)17/h1-5H,6-7H2,(H2,16,18). The van der Waals surface area contributed by atoms with Crippen molar-refractivity contribution in [3.8, 4) is 0 Å². The number of aromatic nitrogens is 1. The zero-order valence-electron chi connectivity index (χ0n) is 9.78. The molecule has 0 amide bonds. The van der Waals surface area contributed by atoms with Crippen molar-refractivity contribution in [2.45, 2.75) is 12.1 Å². The lowest BCUT2D eigenvalue weighted by molar-refractivity contribution is -0.0328. The van der Waals surface area contributed by atoms with Crippen molar-refractivity contribution >= 4 is 39.9 Å². The summed E-state index contributed by atoms with van der Waals surface area (Å²) in [4.78, 5) is 0.285. The Hall–Kier alpha value is -1.21. The van der Waals surface area contributed by atoms with Gasteiger partial charge in [-0.1, -0.05) is 24.4 Å². The molecule has 0 bridgehead atoms. The van der Waals surface area contributed by atoms with Crippen LogP contribution in [0.2, 0.25) is 0 Å². The summed E-state index contributed by atoms with van der Waals surface area (Å²) in [5, 5.41) is 0.868. The quantitative estimate of drug-likeness (QED) is 0.877. The Morgan fingerprint density at radius 1 is 1.32 bits per heavy atom. The third-order valence-electron chi connectivity index (χ3n) is 2.68. The first-order valence-electron chi connectivity index (χ1n) is 5.47. The van der Waals surface area contributed by atoms with Gasteiger partial charge in [-0.25, -0.2) is 0 Å². The smallest absolute Gasteiger partial charge is 0.389 e. The van der Waals surface area contributed by atoms with Crippen LogP contribution in [0.4, 0.5) is 13.2 Å². The molecule has 0 radical (unpaired) electrons. The number of rotatable bonds is 4. The van der Waals surface area contributed by atoms with Crippen molar-refractivity contribution in [2.75, 3.05) is 5.75 Å². The van der Waals surface area contributed by atoms with Gasteiger partial charge in [-0.05, 0) is 23.9 Å². The molecule has 19 heavy (non-hydrogen) atoms. The van der Waals surface area contributed by atoms with E-state index in [0.717, 1.165) is 16.5 Å². The van der Waals surface area contributed by atoms with Crippen molar-refractivity contribution in [1.29, 1.82) is 0 Å². The maximum Gasteiger partial charge on any atom is 0.441 e. The van der Waals surface area contributed by atoms with Crippen LogP contribution in [-0.2, 0) is 6.54 Å². The van der Waals surface area contributed by atoms with Gasteiger partial charge in [0.1, 0.15) is 4.99 Å². The molecule has 0 saturated heterocycles. The lowest BCUT2D eigenvalue weighted by atomic mass is 10.1. The molecule has 2 N–H and O–H groups in total. The van der Waals surface area contributed by atoms with Crippen LogP contribution in [0.1, 0.15) is 5.56 Å². The summed E-state index contributed by atoms with van der Waals surface area (Å²) in [6.07, 6.45) is 1.75. The highest BCUT2D eigenvalue weighted by molar-refractivity contribution is 8.00. The molecule has 7 heteroatoms. The second-order valence-electron chi connectivity index (χ2n) is 3.91. The van der Waals surface area contributed by atoms with E-state index in [1.54, 1.807) is 22.9 Å². The third-order valence-corrected chi connectivity index (χ3v) is 3.61. The van der Waals surface area contributed by atoms with Crippen molar-refractivity contribution in [2.24, 2.45) is 5.73 Å². The van der Waals surface area contributed by atoms with E-state index in [1.807, 2.05) is 12.1 Å². The van der Waals surface area contributed by atoms with Crippen LogP contribution in [0.15, 0.2) is 30.5 Å². The summed E-state index contributed by atoms with van der Waals surface area (Å²) >= 11 is 4.93. The van der Waals surface area contributed by atoms with Gasteiger partial charge in [-0.2, -0.15) is 13.2 Å². The third kappa shape index (κ3) is 3.42. The monoisotopic (exact) mass is 304 g/mol. The van der Waals surface area contributed by atoms with Crippen LogP contribution in [0.5, 0.6) is 0 Å². The summed E-state index contributed by atoms with van der Waals surface area (Å²) in [5.41, 5.74) is 3.01. The van der Waals surface area contributed by atoms with Crippen LogP contribution < -0.4 is 5.73 Å². The molecule has 1 heterocycles. The van der Waals surface area contributed by atoms with Gasteiger partial charge in [0.25, 0.3) is 0 Å². The number of aryl methyl sites for hydroxylation is 1. The number of benzene rings is 1. The molecule has 0 fully saturated rings. The Morgan fingerprint density at radius 3 is 2.68 bits per heavy atom. The maximum atomic E-state index is 12.1. The molecule has 0 aliphatic carbocycles. The van der Waals surface area contributed by atoms with E-state index in [0.29, 0.717) is 0 Å². The van der Waals surface area contributed by atoms with Crippen LogP contribution in [-0.4, -0.2) is 20.8 Å². The predicted molar refractivity (Wildman–Crippen MR) is 76.3 cm³/mol. The first kappa shape index (κ1) is 14.2. The first-order valence-corrected chi connectivity index (χ1v) is 6.86. The van der Waals surface area contributed by atoms with Crippen LogP contribution >= 0.6 is 24.0 Å². The molecule has 2 nitrogen and oxygen atoms in total. The van der Waals surface area contributed by atoms with Crippen molar-refractivity contribution in [3.63, 3.8) is 0 Å². The number of alkyl halides is 3. The molecular weight excluding hydrogens is 293 g/mol. The normalized spacial score (nSPS) is 11.9. The summed E-state index contributed by atoms with van der Waals surface area (Å²) in [6.45, 7) is 0.286. The number of hydrogen-bond donors (Lipinski definition) is 1. The largest absolute Gasteiger partial charge is 0.441 e. The maximum absolute atomic E-state index is 12.1. The SMILES string of the molecule is NC(=S)c1cccc2c1ccn2CCSC(F)(F)F. The zero-order valence-corrected chi connectivity index (χ0v) is 11.4. The van der Waals surface area contributed by atoms with E-state index in [9.17, 15) is 13.2 Å². The highest BCUT2D eigenvalue weighted by atomic mass is 32.2. The minimum atomic E-state index is -4.19. The van der Waals surface area contributed by atoms with Crippen molar-refractivity contribution in [1.82, 2.24) is 4.57 Å². The fraction of sp³-hybridized carbons (Fsp3) is 0.250. The molecule has 0 atom stereocenters. The Kier molecular flexibility index (Phi) is 4.05. The van der Waals surface area contributed by atoms with Gasteiger partial charge in [-0.3, -0.25) is 0 Å². The number of thiocarbonyl (C=S) groups is 1. The summed E-state index contributed by atoms with van der Waals surface area (Å²) in [7, 11) is 0. The first-order chi connectivity index (χ1) is 8.88. The molecule has 0 aliphatic heterocycles. The summed E-state index contributed by atoms with van der Waals surface area (Å²) < 4.78 is 38.0. The number of nitrogens with zero attached hydrogens (tertiary/aromatic N) is 1. The van der Waals surface area contributed by atoms with E-state index in [-0.39, 0.29) is 29.0 Å². The van der Waals surface area contributed by atoms with E-state index in [1.165, 1.54) is 0 Å². The van der Waals surface area contributed by atoms with Gasteiger partial charge in [0.05, 0.1) is 0 Å². The van der Waals surface area contributed by atoms with E-state index < -0.39 is 5.51 Å². The molecule has 0 spiro atoms. The van der Waals surface area contributed by atoms with Gasteiger partial charge in [0, 0.05) is 35.0 Å². The second kappa shape index (κ2) is 5.42. The predicted octanol–water partition coefficient (Wildman–Crippen LogP) is 3.53. The fourth-order valence-electron chi connectivity index (χ4n) is 1.89. The second-order valence-corrected chi connectivity index (χ2v) is 5.51. The molecule has 1 aromatic carbocycles. The number of nitrogens with two attached hydrogens (primary N) is 1. The number of fused-ring (bicyclic) bond motifs is 1. The average molecular weight is 304 g/mol. The molecule has 102 valence electrons. The average Bonchev–Trinajstić information content (AvgIpc) is 2.70. The minimum absolute atomic E-state index is 0.0204. The molecule has 1 aromatic heterocycles. The van der Waals surface area contributed by atoms with Crippen LogP contribution in [0, 0.1) is 0 Å². The number of hydrogen-bond acceptors (Lipinski definition) is 2. The molecule has 0 unspecified atom stereocenters. The van der Waals surface area contributed by atoms with E-state index in [2.05, 4.69) is 0 Å². The van der Waals surface area contributed by atoms with Gasteiger partial charge in [-0.15, -0.1) is 0 Å². The van der Waals surface area contributed by atoms with E-state index in [4.69, 9.17) is 18.0 Å². The Labute approximate surface area is 117 Å². The Bertz CT molecular complexity index is 605. The van der Waals surface area contributed by atoms with E-state index >= 15 is 0 Å². The fourth-order valence-corrected chi connectivity index (χ4v) is 2.59. The molecular formula is C12H11F3N2S2. The highest BCUT2D eigenvalue weighted by Gasteiger charge is 2.27. The summed E-state index contributed by atoms with van der Waals surface area (Å²) in [5.74, 6) is -0.0232. The van der Waals surface area contributed by atoms with Gasteiger partial charge in [0.15, 0.2) is 0 Å². The van der Waals surface area contributed by atoms with Crippen LogP contribution in [0.25, 0.3) is 10.9 Å². The lowest BCUT2D eigenvalue weighted by Crippen LogP contribution is -2.10. The molecule has 2 aromatic rings. The topological polar surface area (TPSA) is 30.9 Å². The Balaban J connectivity index is 2.22. The molecule has 2 rings (SSSR count). The van der Waals surface area contributed by atoms with Gasteiger partial charge < -0.3 is 10.3 Å². The highest BCUT2D eigenvalue weighted by Crippen LogP contribution is 2.30. The van der Waals surface area contributed by atoms with Crippen LogP contribution in [0.3, 0.4) is 0 Å². The number of thioether (sulfide) groups is 1. The zero-order chi connectivity index (χ0) is 14.0. The minimum Gasteiger partial charge on any atom is -0.389 e. The van der Waals surface area contributed by atoms with Gasteiger partial charge in [0.2, 0.25) is 0 Å². The van der Waals surface area contributed by atoms with Crippen molar-refractivity contribution < 1.29 is 13.2 Å². The molecule has 0 saturated carbocycles.